The van der Waals surface area contributed by atoms with Crippen molar-refractivity contribution >= 4 is 11.6 Å². The Balaban J connectivity index is 1.56. The highest BCUT2D eigenvalue weighted by atomic mass is 16.6. The molecule has 1 fully saturated rings. The van der Waals surface area contributed by atoms with E-state index in [0.29, 0.717) is 19.6 Å². The highest BCUT2D eigenvalue weighted by molar-refractivity contribution is 5.73. The van der Waals surface area contributed by atoms with Gasteiger partial charge in [0.2, 0.25) is 5.91 Å². The first-order valence-electron chi connectivity index (χ1n) is 7.88. The van der Waals surface area contributed by atoms with Crippen LogP contribution in [0.2, 0.25) is 0 Å². The average Bonchev–Trinajstić information content (AvgIpc) is 2.55. The first kappa shape index (κ1) is 15.0. The molecule has 0 spiro atoms. The van der Waals surface area contributed by atoms with Crippen LogP contribution in [0.5, 0.6) is 11.5 Å². The van der Waals surface area contributed by atoms with Crippen molar-refractivity contribution in [3.05, 3.63) is 18.2 Å². The largest absolute Gasteiger partial charge is 0.486 e. The number of benzene rings is 1. The van der Waals surface area contributed by atoms with E-state index in [1.54, 1.807) is 0 Å². The monoisotopic (exact) mass is 305 g/mol. The molecule has 22 heavy (non-hydrogen) atoms. The van der Waals surface area contributed by atoms with Crippen molar-refractivity contribution in [1.29, 1.82) is 0 Å². The minimum atomic E-state index is -0.216. The molecule has 6 heteroatoms. The van der Waals surface area contributed by atoms with Gasteiger partial charge in [-0.15, -0.1) is 0 Å². The van der Waals surface area contributed by atoms with Crippen molar-refractivity contribution in [1.82, 2.24) is 4.90 Å². The minimum Gasteiger partial charge on any atom is -0.486 e. The van der Waals surface area contributed by atoms with E-state index in [0.717, 1.165) is 56.3 Å². The Morgan fingerprint density at radius 1 is 1.14 bits per heavy atom. The summed E-state index contributed by atoms with van der Waals surface area (Å²) >= 11 is 0. The highest BCUT2D eigenvalue weighted by Gasteiger charge is 2.23. The number of nitrogens with zero attached hydrogens (tertiary/aromatic N) is 2. The van der Waals surface area contributed by atoms with Gasteiger partial charge in [-0.05, 0) is 25.1 Å². The highest BCUT2D eigenvalue weighted by Crippen LogP contribution is 2.39. The maximum atomic E-state index is 10.8. The van der Waals surface area contributed by atoms with E-state index >= 15 is 0 Å². The Labute approximate surface area is 130 Å². The van der Waals surface area contributed by atoms with Crippen LogP contribution in [-0.2, 0) is 4.79 Å². The van der Waals surface area contributed by atoms with E-state index in [1.165, 1.54) is 0 Å². The molecule has 0 saturated carbocycles. The zero-order valence-electron chi connectivity index (χ0n) is 12.8. The molecule has 6 nitrogen and oxygen atoms in total. The van der Waals surface area contributed by atoms with Gasteiger partial charge in [0.15, 0.2) is 11.5 Å². The van der Waals surface area contributed by atoms with Crippen molar-refractivity contribution in [2.75, 3.05) is 50.8 Å². The summed E-state index contributed by atoms with van der Waals surface area (Å²) in [7, 11) is 0. The van der Waals surface area contributed by atoms with E-state index < -0.39 is 0 Å². The Kier molecular flexibility index (Phi) is 4.68. The van der Waals surface area contributed by atoms with E-state index in [9.17, 15) is 4.79 Å². The summed E-state index contributed by atoms with van der Waals surface area (Å²) in [6.07, 6.45) is 1.31. The smallest absolute Gasteiger partial charge is 0.217 e. The quantitative estimate of drug-likeness (QED) is 0.873. The summed E-state index contributed by atoms with van der Waals surface area (Å²) in [6, 6.07) is 6.07. The summed E-state index contributed by atoms with van der Waals surface area (Å²) in [4.78, 5) is 15.5. The molecule has 3 rings (SSSR count). The fourth-order valence-electron chi connectivity index (χ4n) is 3.00. The zero-order valence-corrected chi connectivity index (χ0v) is 12.8. The van der Waals surface area contributed by atoms with Gasteiger partial charge in [-0.2, -0.15) is 0 Å². The van der Waals surface area contributed by atoms with Crippen LogP contribution in [0, 0.1) is 0 Å². The van der Waals surface area contributed by atoms with Crippen molar-refractivity contribution in [2.45, 2.75) is 12.8 Å². The van der Waals surface area contributed by atoms with Gasteiger partial charge in [-0.3, -0.25) is 9.69 Å². The second-order valence-electron chi connectivity index (χ2n) is 5.70. The minimum absolute atomic E-state index is 0.216. The van der Waals surface area contributed by atoms with Crippen LogP contribution in [0.4, 0.5) is 5.69 Å². The third-order valence-electron chi connectivity index (χ3n) is 4.16. The fraction of sp³-hybridized carbons (Fsp3) is 0.562. The molecule has 0 aromatic heterocycles. The molecule has 2 heterocycles. The molecule has 2 aliphatic rings. The molecular weight excluding hydrogens is 282 g/mol. The van der Waals surface area contributed by atoms with Gasteiger partial charge in [-0.1, -0.05) is 6.07 Å². The molecule has 0 aliphatic carbocycles. The van der Waals surface area contributed by atoms with E-state index in [4.69, 9.17) is 15.2 Å². The number of rotatable bonds is 5. The van der Waals surface area contributed by atoms with E-state index in [2.05, 4.69) is 15.9 Å². The van der Waals surface area contributed by atoms with Gasteiger partial charge in [0.05, 0.1) is 5.69 Å². The van der Waals surface area contributed by atoms with Crippen LogP contribution in [0.3, 0.4) is 0 Å². The number of amides is 1. The second kappa shape index (κ2) is 6.87. The standard InChI is InChI=1S/C16H23N3O3/c17-15(20)5-2-6-18-7-9-19(10-8-18)13-3-1-4-14-16(13)22-12-11-21-14/h1,3-4H,2,5-12H2,(H2,17,20). The van der Waals surface area contributed by atoms with Crippen LogP contribution in [0.25, 0.3) is 0 Å². The van der Waals surface area contributed by atoms with Gasteiger partial charge in [-0.25, -0.2) is 0 Å². The van der Waals surface area contributed by atoms with Gasteiger partial charge in [0.1, 0.15) is 13.2 Å². The summed E-state index contributed by atoms with van der Waals surface area (Å²) in [5, 5.41) is 0. The molecule has 0 radical (unpaired) electrons. The normalized spacial score (nSPS) is 18.3. The number of hydrogen-bond acceptors (Lipinski definition) is 5. The van der Waals surface area contributed by atoms with Gasteiger partial charge >= 0.3 is 0 Å². The lowest BCUT2D eigenvalue weighted by molar-refractivity contribution is -0.118. The predicted octanol–water partition coefficient (Wildman–Crippen LogP) is 0.845. The summed E-state index contributed by atoms with van der Waals surface area (Å²) in [6.45, 7) is 6.05. The summed E-state index contributed by atoms with van der Waals surface area (Å²) < 4.78 is 11.4. The number of carbonyl (C=O) groups excluding carboxylic acids is 1. The van der Waals surface area contributed by atoms with Crippen molar-refractivity contribution in [3.8, 4) is 11.5 Å². The third-order valence-corrected chi connectivity index (χ3v) is 4.16. The molecule has 0 unspecified atom stereocenters. The van der Waals surface area contributed by atoms with E-state index in [1.807, 2.05) is 12.1 Å². The van der Waals surface area contributed by atoms with Gasteiger partial charge < -0.3 is 20.1 Å². The molecule has 1 aromatic carbocycles. The van der Waals surface area contributed by atoms with Crippen LogP contribution in [-0.4, -0.2) is 56.7 Å². The predicted molar refractivity (Wildman–Crippen MR) is 84.5 cm³/mol. The van der Waals surface area contributed by atoms with Crippen molar-refractivity contribution < 1.29 is 14.3 Å². The second-order valence-corrected chi connectivity index (χ2v) is 5.70. The molecule has 1 saturated heterocycles. The lowest BCUT2D eigenvalue weighted by Gasteiger charge is -2.37. The average molecular weight is 305 g/mol. The number of anilines is 1. The number of hydrogen-bond donors (Lipinski definition) is 1. The molecule has 0 atom stereocenters. The number of para-hydroxylation sites is 1. The Morgan fingerprint density at radius 2 is 1.91 bits per heavy atom. The molecule has 2 N–H and O–H groups in total. The van der Waals surface area contributed by atoms with E-state index in [-0.39, 0.29) is 5.91 Å². The topological polar surface area (TPSA) is 68.0 Å². The molecule has 2 aliphatic heterocycles. The Bertz CT molecular complexity index is 527. The van der Waals surface area contributed by atoms with Crippen molar-refractivity contribution in [2.24, 2.45) is 5.73 Å². The molecule has 1 aromatic rings. The lowest BCUT2D eigenvalue weighted by atomic mass is 10.2. The molecule has 120 valence electrons. The van der Waals surface area contributed by atoms with Crippen LogP contribution in [0.1, 0.15) is 12.8 Å². The number of piperazine rings is 1. The molecule has 0 bridgehead atoms. The number of ether oxygens (including phenoxy) is 2. The summed E-state index contributed by atoms with van der Waals surface area (Å²) in [5.74, 6) is 1.50. The Morgan fingerprint density at radius 3 is 2.68 bits per heavy atom. The maximum Gasteiger partial charge on any atom is 0.217 e. The number of primary amides is 1. The Hall–Kier alpha value is -1.95. The number of carbonyl (C=O) groups is 1. The third kappa shape index (κ3) is 3.44. The van der Waals surface area contributed by atoms with Crippen LogP contribution in [0.15, 0.2) is 18.2 Å². The number of nitrogens with two attached hydrogens (primary N) is 1. The van der Waals surface area contributed by atoms with Gasteiger partial charge in [0, 0.05) is 32.6 Å². The maximum absolute atomic E-state index is 10.8. The van der Waals surface area contributed by atoms with Crippen molar-refractivity contribution in [3.63, 3.8) is 0 Å². The fourth-order valence-corrected chi connectivity index (χ4v) is 3.00. The molecular formula is C16H23N3O3. The molecule has 1 amide bonds. The lowest BCUT2D eigenvalue weighted by Crippen LogP contribution is -2.47. The van der Waals surface area contributed by atoms with Gasteiger partial charge in [0.25, 0.3) is 0 Å². The first-order chi connectivity index (χ1) is 10.7. The SMILES string of the molecule is NC(=O)CCCN1CCN(c2cccc3c2OCCO3)CC1. The van der Waals surface area contributed by atoms with Crippen LogP contribution < -0.4 is 20.1 Å². The number of fused-ring (bicyclic) bond motifs is 1. The summed E-state index contributed by atoms with van der Waals surface area (Å²) in [5.41, 5.74) is 6.30. The van der Waals surface area contributed by atoms with Crippen LogP contribution >= 0.6 is 0 Å². The first-order valence-corrected chi connectivity index (χ1v) is 7.88. The zero-order chi connectivity index (χ0) is 15.4.